The average Bonchev–Trinajstić information content (AvgIpc) is 2.78. The molecule has 0 aliphatic rings. The highest BCUT2D eigenvalue weighted by Gasteiger charge is 2.26. The second kappa shape index (κ2) is 11.7. The minimum Gasteiger partial charge on any atom is -0.354 e. The van der Waals surface area contributed by atoms with Crippen molar-refractivity contribution in [2.75, 3.05) is 23.1 Å². The first-order valence-electron chi connectivity index (χ1n) is 9.78. The van der Waals surface area contributed by atoms with Crippen LogP contribution in [-0.4, -0.2) is 33.2 Å². The molecule has 0 atom stereocenters. The van der Waals surface area contributed by atoms with Crippen LogP contribution in [-0.2, 0) is 20.6 Å². The maximum atomic E-state index is 13.2. The number of thioether (sulfide) groups is 1. The highest BCUT2D eigenvalue weighted by molar-refractivity contribution is 9.10. The Hall–Kier alpha value is -2.00. The number of benzene rings is 3. The van der Waals surface area contributed by atoms with Crippen molar-refractivity contribution in [2.45, 2.75) is 10.6 Å². The van der Waals surface area contributed by atoms with Gasteiger partial charge in [-0.3, -0.25) is 9.10 Å². The average molecular weight is 554 g/mol. The van der Waals surface area contributed by atoms with E-state index in [9.17, 15) is 13.2 Å². The molecule has 3 rings (SSSR count). The Morgan fingerprint density at radius 2 is 1.72 bits per heavy atom. The maximum Gasteiger partial charge on any atom is 0.264 e. The third kappa shape index (κ3) is 7.00. The van der Waals surface area contributed by atoms with Gasteiger partial charge in [-0.15, -0.1) is 0 Å². The van der Waals surface area contributed by atoms with Crippen LogP contribution in [0.3, 0.4) is 0 Å². The summed E-state index contributed by atoms with van der Waals surface area (Å²) in [7, 11) is -3.90. The first-order chi connectivity index (χ1) is 15.4. The number of hydrogen-bond donors (Lipinski definition) is 1. The van der Waals surface area contributed by atoms with Crippen LogP contribution in [0.5, 0.6) is 0 Å². The second-order valence-electron chi connectivity index (χ2n) is 6.83. The third-order valence-corrected chi connectivity index (χ3v) is 8.04. The van der Waals surface area contributed by atoms with Crippen LogP contribution >= 0.6 is 39.3 Å². The summed E-state index contributed by atoms with van der Waals surface area (Å²) < 4.78 is 28.4. The summed E-state index contributed by atoms with van der Waals surface area (Å²) in [6.45, 7) is 0.126. The van der Waals surface area contributed by atoms with E-state index in [0.29, 0.717) is 23.0 Å². The molecule has 0 unspecified atom stereocenters. The van der Waals surface area contributed by atoms with Crippen LogP contribution in [0.2, 0.25) is 5.02 Å². The number of sulfonamides is 1. The summed E-state index contributed by atoms with van der Waals surface area (Å²) in [5, 5.41) is 3.51. The number of amides is 1. The van der Waals surface area contributed by atoms with Crippen molar-refractivity contribution in [3.8, 4) is 0 Å². The fraction of sp³-hybridized carbons (Fsp3) is 0.174. The molecule has 0 bridgehead atoms. The van der Waals surface area contributed by atoms with Crippen molar-refractivity contribution >= 4 is 60.9 Å². The standard InChI is InChI=1S/C23H22BrClN2O3S2/c24-19-9-11-21(12-10-19)27(32(29,30)22-7-2-1-3-8-22)16-23(28)26-13-14-31-17-18-5-4-6-20(25)15-18/h1-12,15H,13-14,16-17H2,(H,26,28). The van der Waals surface area contributed by atoms with Crippen LogP contribution < -0.4 is 9.62 Å². The maximum absolute atomic E-state index is 13.2. The summed E-state index contributed by atoms with van der Waals surface area (Å²) in [4.78, 5) is 12.7. The molecule has 0 heterocycles. The molecule has 1 N–H and O–H groups in total. The van der Waals surface area contributed by atoms with E-state index in [1.54, 1.807) is 54.2 Å². The number of nitrogens with zero attached hydrogens (tertiary/aromatic N) is 1. The first-order valence-corrected chi connectivity index (χ1v) is 13.5. The van der Waals surface area contributed by atoms with Gasteiger partial charge in [0.1, 0.15) is 6.54 Å². The summed E-state index contributed by atoms with van der Waals surface area (Å²) in [6.07, 6.45) is 0. The Morgan fingerprint density at radius 3 is 2.41 bits per heavy atom. The van der Waals surface area contributed by atoms with Gasteiger partial charge in [0, 0.05) is 27.5 Å². The smallest absolute Gasteiger partial charge is 0.264 e. The monoisotopic (exact) mass is 552 g/mol. The zero-order valence-electron chi connectivity index (χ0n) is 17.1. The molecule has 1 amide bonds. The number of anilines is 1. The molecule has 3 aromatic carbocycles. The summed E-state index contributed by atoms with van der Waals surface area (Å²) >= 11 is 11.0. The van der Waals surface area contributed by atoms with Crippen LogP contribution in [0.1, 0.15) is 5.56 Å². The molecular formula is C23H22BrClN2O3S2. The van der Waals surface area contributed by atoms with Crippen molar-refractivity contribution in [1.29, 1.82) is 0 Å². The molecular weight excluding hydrogens is 532 g/mol. The molecule has 0 aliphatic carbocycles. The van der Waals surface area contributed by atoms with Crippen LogP contribution in [0.25, 0.3) is 0 Å². The van der Waals surface area contributed by atoms with Gasteiger partial charge in [0.05, 0.1) is 10.6 Å². The van der Waals surface area contributed by atoms with E-state index in [4.69, 9.17) is 11.6 Å². The summed E-state index contributed by atoms with van der Waals surface area (Å²) in [5.74, 6) is 1.11. The van der Waals surface area contributed by atoms with Gasteiger partial charge in [0.25, 0.3) is 10.0 Å². The number of halogens is 2. The molecule has 3 aromatic rings. The number of rotatable bonds is 10. The summed E-state index contributed by atoms with van der Waals surface area (Å²) in [5.41, 5.74) is 1.53. The van der Waals surface area contributed by atoms with E-state index in [0.717, 1.165) is 20.1 Å². The van der Waals surface area contributed by atoms with Gasteiger partial charge in [-0.05, 0) is 54.1 Å². The predicted molar refractivity (Wildman–Crippen MR) is 136 cm³/mol. The van der Waals surface area contributed by atoms with Crippen LogP contribution in [0.4, 0.5) is 5.69 Å². The Bertz CT molecular complexity index is 1140. The SMILES string of the molecule is O=C(CN(c1ccc(Br)cc1)S(=O)(=O)c1ccccc1)NCCSCc1cccc(Cl)c1. The zero-order valence-corrected chi connectivity index (χ0v) is 21.1. The van der Waals surface area contributed by atoms with Gasteiger partial charge in [-0.25, -0.2) is 8.42 Å². The highest BCUT2D eigenvalue weighted by Crippen LogP contribution is 2.25. The molecule has 0 saturated heterocycles. The van der Waals surface area contributed by atoms with Crippen molar-refractivity contribution in [2.24, 2.45) is 0 Å². The molecule has 0 aliphatic heterocycles. The minimum absolute atomic E-state index is 0.132. The van der Waals surface area contributed by atoms with Crippen molar-refractivity contribution in [3.63, 3.8) is 0 Å². The first kappa shape index (κ1) is 24.6. The lowest BCUT2D eigenvalue weighted by atomic mass is 10.2. The van der Waals surface area contributed by atoms with Gasteiger partial charge in [0.2, 0.25) is 5.91 Å². The molecule has 5 nitrogen and oxygen atoms in total. The van der Waals surface area contributed by atoms with Gasteiger partial charge < -0.3 is 5.32 Å². The largest absolute Gasteiger partial charge is 0.354 e. The lowest BCUT2D eigenvalue weighted by Crippen LogP contribution is -2.41. The Balaban J connectivity index is 1.61. The number of nitrogens with one attached hydrogen (secondary N) is 1. The molecule has 0 saturated carbocycles. The Labute approximate surface area is 206 Å². The molecule has 0 radical (unpaired) electrons. The molecule has 168 valence electrons. The minimum atomic E-state index is -3.90. The van der Waals surface area contributed by atoms with E-state index in [1.807, 2.05) is 24.3 Å². The van der Waals surface area contributed by atoms with Crippen LogP contribution in [0.15, 0.2) is 88.2 Å². The lowest BCUT2D eigenvalue weighted by molar-refractivity contribution is -0.119. The highest BCUT2D eigenvalue weighted by atomic mass is 79.9. The number of carbonyl (C=O) groups excluding carboxylic acids is 1. The van der Waals surface area contributed by atoms with Gasteiger partial charge in [0.15, 0.2) is 0 Å². The topological polar surface area (TPSA) is 66.5 Å². The van der Waals surface area contributed by atoms with E-state index in [2.05, 4.69) is 21.2 Å². The molecule has 32 heavy (non-hydrogen) atoms. The normalized spacial score (nSPS) is 11.2. The van der Waals surface area contributed by atoms with Crippen molar-refractivity contribution < 1.29 is 13.2 Å². The van der Waals surface area contributed by atoms with Gasteiger partial charge in [-0.2, -0.15) is 11.8 Å². The fourth-order valence-corrected chi connectivity index (χ4v) is 5.63. The van der Waals surface area contributed by atoms with Crippen molar-refractivity contribution in [1.82, 2.24) is 5.32 Å². The molecule has 0 aromatic heterocycles. The number of carbonyl (C=O) groups is 1. The lowest BCUT2D eigenvalue weighted by Gasteiger charge is -2.24. The van der Waals surface area contributed by atoms with Crippen molar-refractivity contribution in [3.05, 3.63) is 93.9 Å². The predicted octanol–water partition coefficient (Wildman–Crippen LogP) is 5.35. The third-order valence-electron chi connectivity index (χ3n) is 4.46. The van der Waals surface area contributed by atoms with E-state index < -0.39 is 10.0 Å². The van der Waals surface area contributed by atoms with Gasteiger partial charge >= 0.3 is 0 Å². The van der Waals surface area contributed by atoms with E-state index >= 15 is 0 Å². The van der Waals surface area contributed by atoms with E-state index in [-0.39, 0.29) is 17.3 Å². The van der Waals surface area contributed by atoms with Gasteiger partial charge in [-0.1, -0.05) is 57.9 Å². The Morgan fingerprint density at radius 1 is 1.00 bits per heavy atom. The van der Waals surface area contributed by atoms with E-state index in [1.165, 1.54) is 12.1 Å². The molecule has 9 heteroatoms. The summed E-state index contributed by atoms with van der Waals surface area (Å²) in [6, 6.07) is 22.6. The Kier molecular flexibility index (Phi) is 9.04. The second-order valence-corrected chi connectivity index (χ2v) is 11.2. The fourth-order valence-electron chi connectivity index (χ4n) is 2.91. The quantitative estimate of drug-likeness (QED) is 0.344. The van der Waals surface area contributed by atoms with Crippen LogP contribution in [0, 0.1) is 0 Å². The molecule has 0 fully saturated rings. The number of hydrogen-bond acceptors (Lipinski definition) is 4. The zero-order chi connectivity index (χ0) is 23.0. The molecule has 0 spiro atoms.